The second-order valence-corrected chi connectivity index (χ2v) is 7.52. The van der Waals surface area contributed by atoms with Gasteiger partial charge < -0.3 is 15.9 Å². The van der Waals surface area contributed by atoms with Gasteiger partial charge in [-0.3, -0.25) is 9.38 Å². The largest absolute Gasteiger partial charge is 0.390 e. The number of aromatic nitrogens is 4. The van der Waals surface area contributed by atoms with Crippen LogP contribution in [0.2, 0.25) is 0 Å². The molecule has 3 heterocycles. The number of fused-ring (bicyclic) bond motifs is 1. The Balaban J connectivity index is 1.91. The first-order valence-corrected chi connectivity index (χ1v) is 9.54. The van der Waals surface area contributed by atoms with E-state index in [9.17, 15) is 19.0 Å². The van der Waals surface area contributed by atoms with Crippen LogP contribution in [0.5, 0.6) is 0 Å². The maximum atomic E-state index is 13.4. The SMILES string of the molecule is Cc1ccc([C@@](C)(O)C(F)F)cc1-c1cnc2c(N)nc(-c3ccnc(CO)c3)cn12. The number of nitrogens with zero attached hydrogens (tertiary/aromatic N) is 4. The number of alkyl halides is 2. The third kappa shape index (κ3) is 3.62. The minimum Gasteiger partial charge on any atom is -0.390 e. The van der Waals surface area contributed by atoms with Gasteiger partial charge in [-0.05, 0) is 43.2 Å². The van der Waals surface area contributed by atoms with Gasteiger partial charge in [0.2, 0.25) is 0 Å². The van der Waals surface area contributed by atoms with E-state index < -0.39 is 12.0 Å². The Morgan fingerprint density at radius 3 is 2.68 bits per heavy atom. The Hall–Kier alpha value is -3.43. The number of anilines is 1. The molecule has 4 aromatic rings. The quantitative estimate of drug-likeness (QED) is 0.453. The molecule has 0 aliphatic heterocycles. The van der Waals surface area contributed by atoms with Crippen molar-refractivity contribution in [3.63, 3.8) is 0 Å². The van der Waals surface area contributed by atoms with E-state index in [-0.39, 0.29) is 18.0 Å². The summed E-state index contributed by atoms with van der Waals surface area (Å²) in [5, 5.41) is 19.6. The highest BCUT2D eigenvalue weighted by Gasteiger charge is 2.34. The van der Waals surface area contributed by atoms with Crippen molar-refractivity contribution in [2.45, 2.75) is 32.5 Å². The molecule has 0 saturated carbocycles. The number of aryl methyl sites for hydroxylation is 1. The fraction of sp³-hybridized carbons (Fsp3) is 0.227. The monoisotopic (exact) mass is 425 g/mol. The van der Waals surface area contributed by atoms with Crippen LogP contribution in [0.3, 0.4) is 0 Å². The summed E-state index contributed by atoms with van der Waals surface area (Å²) < 4.78 is 28.5. The van der Waals surface area contributed by atoms with Gasteiger partial charge in [0, 0.05) is 23.5 Å². The van der Waals surface area contributed by atoms with Gasteiger partial charge in [0.25, 0.3) is 6.43 Å². The van der Waals surface area contributed by atoms with Crippen LogP contribution in [0.15, 0.2) is 48.9 Å². The van der Waals surface area contributed by atoms with E-state index in [2.05, 4.69) is 15.0 Å². The van der Waals surface area contributed by atoms with E-state index in [0.717, 1.165) is 12.5 Å². The molecule has 0 spiro atoms. The first-order valence-electron chi connectivity index (χ1n) is 9.54. The Morgan fingerprint density at radius 1 is 1.19 bits per heavy atom. The van der Waals surface area contributed by atoms with Crippen LogP contribution in [0.25, 0.3) is 28.2 Å². The topological polar surface area (TPSA) is 110 Å². The molecule has 0 radical (unpaired) electrons. The van der Waals surface area contributed by atoms with E-state index in [0.29, 0.717) is 33.9 Å². The van der Waals surface area contributed by atoms with Crippen molar-refractivity contribution in [3.05, 3.63) is 65.7 Å². The number of halogens is 2. The van der Waals surface area contributed by atoms with Crippen LogP contribution in [0.4, 0.5) is 14.6 Å². The van der Waals surface area contributed by atoms with E-state index >= 15 is 0 Å². The summed E-state index contributed by atoms with van der Waals surface area (Å²) in [5.41, 5.74) is 8.16. The van der Waals surface area contributed by atoms with E-state index in [1.807, 2.05) is 6.92 Å². The Morgan fingerprint density at radius 2 is 1.97 bits per heavy atom. The van der Waals surface area contributed by atoms with Crippen molar-refractivity contribution in [1.82, 2.24) is 19.4 Å². The van der Waals surface area contributed by atoms with Gasteiger partial charge in [-0.25, -0.2) is 18.7 Å². The summed E-state index contributed by atoms with van der Waals surface area (Å²) in [6, 6.07) is 8.16. The number of nitrogens with two attached hydrogens (primary N) is 1. The van der Waals surface area contributed by atoms with Gasteiger partial charge in [-0.2, -0.15) is 0 Å². The summed E-state index contributed by atoms with van der Waals surface area (Å²) in [4.78, 5) is 12.8. The van der Waals surface area contributed by atoms with Crippen LogP contribution in [0, 0.1) is 6.92 Å². The number of benzene rings is 1. The number of nitrogen functional groups attached to an aromatic ring is 1. The lowest BCUT2D eigenvalue weighted by atomic mass is 9.92. The molecule has 3 aromatic heterocycles. The Labute approximate surface area is 176 Å². The summed E-state index contributed by atoms with van der Waals surface area (Å²) in [7, 11) is 0. The predicted octanol–water partition coefficient (Wildman–Crippen LogP) is 3.31. The Kier molecular flexibility index (Phi) is 5.16. The van der Waals surface area contributed by atoms with Gasteiger partial charge in [0.1, 0.15) is 5.60 Å². The Bertz CT molecular complexity index is 1270. The van der Waals surface area contributed by atoms with Gasteiger partial charge in [-0.1, -0.05) is 12.1 Å². The maximum Gasteiger partial charge on any atom is 0.270 e. The minimum atomic E-state index is -2.94. The summed E-state index contributed by atoms with van der Waals surface area (Å²) in [5.74, 6) is 0.194. The van der Waals surface area contributed by atoms with Gasteiger partial charge in [0.05, 0.1) is 29.9 Å². The molecule has 9 heteroatoms. The molecular weight excluding hydrogens is 404 g/mol. The second-order valence-electron chi connectivity index (χ2n) is 7.52. The highest BCUT2D eigenvalue weighted by atomic mass is 19.3. The highest BCUT2D eigenvalue weighted by Crippen LogP contribution is 2.34. The predicted molar refractivity (Wildman–Crippen MR) is 112 cm³/mol. The van der Waals surface area contributed by atoms with Gasteiger partial charge >= 0.3 is 0 Å². The molecule has 0 aliphatic carbocycles. The van der Waals surface area contributed by atoms with E-state index in [1.165, 1.54) is 12.1 Å². The average molecular weight is 425 g/mol. The van der Waals surface area contributed by atoms with Crippen LogP contribution >= 0.6 is 0 Å². The van der Waals surface area contributed by atoms with Crippen molar-refractivity contribution in [2.24, 2.45) is 0 Å². The lowest BCUT2D eigenvalue weighted by molar-refractivity contribution is -0.0883. The van der Waals surface area contributed by atoms with Crippen molar-refractivity contribution in [2.75, 3.05) is 5.73 Å². The molecule has 0 fully saturated rings. The van der Waals surface area contributed by atoms with Crippen molar-refractivity contribution >= 4 is 11.5 Å². The zero-order valence-electron chi connectivity index (χ0n) is 16.9. The molecule has 1 aromatic carbocycles. The lowest BCUT2D eigenvalue weighted by Crippen LogP contribution is -2.30. The number of aliphatic hydroxyl groups excluding tert-OH is 1. The molecule has 31 heavy (non-hydrogen) atoms. The summed E-state index contributed by atoms with van der Waals surface area (Å²) in [6.45, 7) is 2.72. The standard InChI is InChI=1S/C22H21F2N5O2/c1-12-3-4-14(22(2,31)21(23)24)8-16(12)18-9-27-20-19(25)28-17(10-29(18)20)13-5-6-26-15(7-13)11-30/h3-10,21,30-31H,11H2,1-2H3,(H2,25,28)/t22-/m1/s1. The number of aliphatic hydroxyl groups is 2. The van der Waals surface area contributed by atoms with Crippen LogP contribution in [0.1, 0.15) is 23.7 Å². The van der Waals surface area contributed by atoms with Crippen molar-refractivity contribution in [3.8, 4) is 22.5 Å². The zero-order chi connectivity index (χ0) is 22.3. The second kappa shape index (κ2) is 7.68. The third-order valence-corrected chi connectivity index (χ3v) is 5.32. The molecular formula is C22H21F2N5O2. The third-order valence-electron chi connectivity index (χ3n) is 5.32. The molecule has 4 rings (SSSR count). The lowest BCUT2D eigenvalue weighted by Gasteiger charge is -2.23. The molecule has 0 aliphatic rings. The van der Waals surface area contributed by atoms with Crippen molar-refractivity contribution in [1.29, 1.82) is 0 Å². The molecule has 0 saturated heterocycles. The first-order chi connectivity index (χ1) is 14.7. The summed E-state index contributed by atoms with van der Waals surface area (Å²) in [6.07, 6.45) is 1.95. The van der Waals surface area contributed by atoms with E-state index in [1.54, 1.807) is 41.2 Å². The molecule has 0 amide bonds. The highest BCUT2D eigenvalue weighted by molar-refractivity contribution is 5.74. The molecule has 1 atom stereocenters. The van der Waals surface area contributed by atoms with Crippen LogP contribution in [-0.2, 0) is 12.2 Å². The maximum absolute atomic E-state index is 13.4. The average Bonchev–Trinajstić information content (AvgIpc) is 3.18. The molecule has 7 nitrogen and oxygen atoms in total. The normalized spacial score (nSPS) is 13.6. The summed E-state index contributed by atoms with van der Waals surface area (Å²) >= 11 is 0. The number of rotatable bonds is 5. The number of imidazole rings is 1. The van der Waals surface area contributed by atoms with E-state index in [4.69, 9.17) is 5.73 Å². The molecule has 160 valence electrons. The fourth-order valence-electron chi connectivity index (χ4n) is 3.41. The zero-order valence-corrected chi connectivity index (χ0v) is 16.9. The molecule has 0 unspecified atom stereocenters. The molecule has 4 N–H and O–H groups in total. The first kappa shape index (κ1) is 20.8. The molecule has 0 bridgehead atoms. The number of pyridine rings is 1. The van der Waals surface area contributed by atoms with Crippen LogP contribution in [-0.4, -0.2) is 36.0 Å². The fourth-order valence-corrected chi connectivity index (χ4v) is 3.41. The van der Waals surface area contributed by atoms with Crippen LogP contribution < -0.4 is 5.73 Å². The van der Waals surface area contributed by atoms with Gasteiger partial charge in [0.15, 0.2) is 11.5 Å². The number of hydrogen-bond acceptors (Lipinski definition) is 6. The van der Waals surface area contributed by atoms with Crippen molar-refractivity contribution < 1.29 is 19.0 Å². The van der Waals surface area contributed by atoms with Gasteiger partial charge in [-0.15, -0.1) is 0 Å². The number of hydrogen-bond donors (Lipinski definition) is 3. The smallest absolute Gasteiger partial charge is 0.270 e. The minimum absolute atomic E-state index is 0.0991.